The van der Waals surface area contributed by atoms with Crippen molar-refractivity contribution in [3.63, 3.8) is 0 Å². The number of carboxylic acids is 1. The summed E-state index contributed by atoms with van der Waals surface area (Å²) in [5.41, 5.74) is 0.196. The molecule has 32 heavy (non-hydrogen) atoms. The summed E-state index contributed by atoms with van der Waals surface area (Å²) in [6.45, 7) is 9.71. The zero-order valence-electron chi connectivity index (χ0n) is 18.2. The van der Waals surface area contributed by atoms with Crippen molar-refractivity contribution in [1.82, 2.24) is 19.7 Å². The van der Waals surface area contributed by atoms with Crippen molar-refractivity contribution in [2.75, 3.05) is 33.3 Å². The van der Waals surface area contributed by atoms with Gasteiger partial charge in [0.25, 0.3) is 0 Å². The van der Waals surface area contributed by atoms with Gasteiger partial charge < -0.3 is 24.4 Å². The van der Waals surface area contributed by atoms with Crippen molar-refractivity contribution >= 4 is 28.4 Å². The maximum Gasteiger partial charge on any atom is 0.418 e. The lowest BCUT2D eigenvalue weighted by atomic mass is 9.98. The summed E-state index contributed by atoms with van der Waals surface area (Å²) in [6, 6.07) is -3.34. The first-order chi connectivity index (χ1) is 15.0. The number of fused-ring (bicyclic) bond motifs is 4. The van der Waals surface area contributed by atoms with Gasteiger partial charge in [-0.05, 0) is 20.8 Å². The number of esters is 1. The van der Waals surface area contributed by atoms with Crippen LogP contribution < -0.4 is 10.0 Å². The van der Waals surface area contributed by atoms with Crippen molar-refractivity contribution in [3.05, 3.63) is 17.5 Å². The molecule has 2 amide bonds. The molecule has 2 aliphatic rings. The molecule has 0 saturated carbocycles. The molecule has 1 aromatic heterocycles. The molecule has 3 heterocycles. The van der Waals surface area contributed by atoms with E-state index in [1.807, 2.05) is 0 Å². The van der Waals surface area contributed by atoms with E-state index in [0.717, 1.165) is 16.7 Å². The molecule has 2 aliphatic heterocycles. The van der Waals surface area contributed by atoms with Crippen LogP contribution in [0.25, 0.3) is 0 Å². The van der Waals surface area contributed by atoms with Gasteiger partial charge in [-0.1, -0.05) is 0 Å². The minimum absolute atomic E-state index is 0.0131. The molecule has 0 aliphatic carbocycles. The smallest absolute Gasteiger partial charge is 0.418 e. The molecule has 3 rings (SSSR count). The fourth-order valence-electron chi connectivity index (χ4n) is 3.61. The first-order valence-electron chi connectivity index (χ1n) is 9.92. The number of amides is 2. The fraction of sp³-hybridized carbons (Fsp3) is 0.647. The van der Waals surface area contributed by atoms with E-state index >= 15 is 0 Å². The van der Waals surface area contributed by atoms with Crippen LogP contribution in [0.5, 0.6) is 0 Å². The second-order valence-corrected chi connectivity index (χ2v) is 8.06. The number of carboxylic acid groups (broad SMARTS) is 1. The molecule has 180 valence electrons. The molecule has 15 heteroatoms. The third-order valence-corrected chi connectivity index (χ3v) is 5.58. The van der Waals surface area contributed by atoms with Gasteiger partial charge in [0.15, 0.2) is 6.04 Å². The average Bonchev–Trinajstić information content (AvgIpc) is 3.24. The summed E-state index contributed by atoms with van der Waals surface area (Å²) in [6.07, 6.45) is 1.22. The van der Waals surface area contributed by atoms with Crippen LogP contribution in [0.2, 0.25) is 0 Å². The Morgan fingerprint density at radius 1 is 1.28 bits per heavy atom. The Kier molecular flexibility index (Phi) is 8.17. The number of aromatic nitrogens is 2. The number of carbonyl (C=O) groups is 3. The van der Waals surface area contributed by atoms with Gasteiger partial charge in [-0.15, -0.1) is 4.28 Å². The van der Waals surface area contributed by atoms with Crippen molar-refractivity contribution in [2.45, 2.75) is 39.4 Å². The van der Waals surface area contributed by atoms with E-state index in [2.05, 4.69) is 34.9 Å². The van der Waals surface area contributed by atoms with E-state index in [1.54, 1.807) is 4.90 Å². The van der Waals surface area contributed by atoms with Crippen LogP contribution >= 0.6 is 0 Å². The standard InChI is InChI=1S/C11H12N4O9S.C6H15N/c1-23-10(18)9-8-5(2-13(12-8)4-7(16)17)6-3-14(9)11(19)15(6)24-25(20,21)22;1-4-7(5-2)6-3/h2,6,9H,3-4H2,1H3,(H,16,17)(H,20,21,22);4-6H2,1-3H3/t6-,9+;/m1./s1. The number of carbonyl (C=O) groups excluding carboxylic acids is 3. The lowest BCUT2D eigenvalue weighted by Gasteiger charge is -2.27. The minimum Gasteiger partial charge on any atom is -0.548 e. The molecule has 0 radical (unpaired) electrons. The maximum absolute atomic E-state index is 12.3. The predicted octanol–water partition coefficient (Wildman–Crippen LogP) is -2.70. The van der Waals surface area contributed by atoms with E-state index in [-0.39, 0.29) is 17.8 Å². The Balaban J connectivity index is 0.000000451. The number of rotatable bonds is 8. The van der Waals surface area contributed by atoms with E-state index in [9.17, 15) is 27.9 Å². The Bertz CT molecular complexity index is 954. The predicted molar refractivity (Wildman–Crippen MR) is 104 cm³/mol. The summed E-state index contributed by atoms with van der Waals surface area (Å²) in [5.74, 6) is -2.30. The van der Waals surface area contributed by atoms with Gasteiger partial charge >= 0.3 is 22.4 Å². The molecule has 2 N–H and O–H groups in total. The van der Waals surface area contributed by atoms with Gasteiger partial charge in [0.05, 0.1) is 45.8 Å². The molecule has 1 saturated heterocycles. The minimum atomic E-state index is -5.01. The van der Waals surface area contributed by atoms with E-state index in [0.29, 0.717) is 5.06 Å². The van der Waals surface area contributed by atoms with Crippen LogP contribution in [0.1, 0.15) is 44.1 Å². The molecule has 0 spiro atoms. The van der Waals surface area contributed by atoms with E-state index in [4.69, 9.17) is 4.55 Å². The highest BCUT2D eigenvalue weighted by Crippen LogP contribution is 2.44. The zero-order chi connectivity index (χ0) is 24.2. The van der Waals surface area contributed by atoms with Crippen LogP contribution in [-0.2, 0) is 35.6 Å². The normalized spacial score (nSPS) is 19.5. The summed E-state index contributed by atoms with van der Waals surface area (Å²) in [7, 11) is -3.92. The third-order valence-electron chi connectivity index (χ3n) is 5.23. The van der Waals surface area contributed by atoms with Crippen LogP contribution in [-0.4, -0.2) is 84.0 Å². The van der Waals surface area contributed by atoms with Gasteiger partial charge in [-0.3, -0.25) is 9.23 Å². The number of nitrogens with zero attached hydrogens (tertiary/aromatic N) is 4. The number of ether oxygens (including phenoxy) is 1. The highest BCUT2D eigenvalue weighted by atomic mass is 32.3. The van der Waals surface area contributed by atoms with E-state index in [1.165, 1.54) is 25.8 Å². The second-order valence-electron chi connectivity index (χ2n) is 7.05. The maximum atomic E-state index is 12.3. The van der Waals surface area contributed by atoms with Gasteiger partial charge in [0.2, 0.25) is 0 Å². The number of urea groups is 1. The third kappa shape index (κ3) is 5.53. The Morgan fingerprint density at radius 3 is 2.31 bits per heavy atom. The van der Waals surface area contributed by atoms with Gasteiger partial charge in [0.1, 0.15) is 11.7 Å². The topological polar surface area (TPSA) is 176 Å². The quantitative estimate of drug-likeness (QED) is 0.296. The Labute approximate surface area is 185 Å². The summed E-state index contributed by atoms with van der Waals surface area (Å²) >= 11 is 0. The van der Waals surface area contributed by atoms with Crippen molar-refractivity contribution < 1.29 is 46.4 Å². The fourth-order valence-corrected chi connectivity index (χ4v) is 3.98. The largest absolute Gasteiger partial charge is 0.548 e. The molecular weight excluding hydrogens is 450 g/mol. The monoisotopic (exact) mass is 477 g/mol. The number of nitrogens with one attached hydrogen (secondary N) is 1. The number of hydrogen-bond acceptors (Lipinski definition) is 9. The first-order valence-corrected chi connectivity index (χ1v) is 11.3. The highest BCUT2D eigenvalue weighted by molar-refractivity contribution is 7.80. The van der Waals surface area contributed by atoms with Crippen molar-refractivity contribution in [3.8, 4) is 0 Å². The Hall–Kier alpha value is -2.75. The molecule has 0 unspecified atom stereocenters. The van der Waals surface area contributed by atoms with Crippen molar-refractivity contribution in [1.29, 1.82) is 0 Å². The molecule has 2 bridgehead atoms. The Morgan fingerprint density at radius 2 is 1.88 bits per heavy atom. The number of quaternary nitrogens is 1. The number of hydroxylamine groups is 2. The van der Waals surface area contributed by atoms with Crippen LogP contribution in [0.15, 0.2) is 6.20 Å². The van der Waals surface area contributed by atoms with Crippen LogP contribution in [0.4, 0.5) is 4.79 Å². The molecule has 2 atom stereocenters. The molecule has 14 nitrogen and oxygen atoms in total. The van der Waals surface area contributed by atoms with Gasteiger partial charge in [-0.2, -0.15) is 18.6 Å². The molecule has 1 fully saturated rings. The van der Waals surface area contributed by atoms with Crippen LogP contribution in [0, 0.1) is 0 Å². The summed E-state index contributed by atoms with van der Waals surface area (Å²) in [5, 5.41) is 15.1. The zero-order valence-corrected chi connectivity index (χ0v) is 19.0. The van der Waals surface area contributed by atoms with Crippen molar-refractivity contribution in [2.24, 2.45) is 0 Å². The number of aliphatic carboxylic acids is 1. The highest BCUT2D eigenvalue weighted by Gasteiger charge is 2.54. The van der Waals surface area contributed by atoms with Gasteiger partial charge in [-0.25, -0.2) is 9.59 Å². The SMILES string of the molecule is CC[NH+](CC)CC.COC(=O)[C@@H]1c2nn(CC(=O)[O-])cc2[C@H]2CN1C(=O)N2OS(=O)(=O)O. The van der Waals surface area contributed by atoms with E-state index < -0.39 is 47.0 Å². The second kappa shape index (κ2) is 10.2. The lowest BCUT2D eigenvalue weighted by molar-refractivity contribution is -0.894. The number of methoxy groups -OCH3 is 1. The summed E-state index contributed by atoms with van der Waals surface area (Å²) < 4.78 is 40.7. The molecule has 1 aromatic rings. The molecular formula is C17H27N5O9S. The first kappa shape index (κ1) is 25.5. The number of hydrogen-bond donors (Lipinski definition) is 2. The average molecular weight is 477 g/mol. The molecule has 0 aromatic carbocycles. The van der Waals surface area contributed by atoms with Gasteiger partial charge in [0, 0.05) is 11.8 Å². The lowest BCUT2D eigenvalue weighted by Crippen LogP contribution is -3.11. The van der Waals surface area contributed by atoms with Crippen LogP contribution in [0.3, 0.4) is 0 Å². The summed E-state index contributed by atoms with van der Waals surface area (Å²) in [4.78, 5) is 37.8.